The fourth-order valence-electron chi connectivity index (χ4n) is 2.49. The summed E-state index contributed by atoms with van der Waals surface area (Å²) in [5, 5.41) is 8.58. The van der Waals surface area contributed by atoms with E-state index in [0.717, 1.165) is 52.5 Å². The van der Waals surface area contributed by atoms with Gasteiger partial charge in [0, 0.05) is 39.3 Å². The second kappa shape index (κ2) is 5.97. The van der Waals surface area contributed by atoms with Crippen molar-refractivity contribution >= 4 is 5.97 Å². The normalized spacial score (nSPS) is 24.7. The molecule has 2 fully saturated rings. The summed E-state index contributed by atoms with van der Waals surface area (Å²) in [5.74, 6) is -0.900. The number of ether oxygens (including phenoxy) is 2. The van der Waals surface area contributed by atoms with Crippen LogP contribution < -0.4 is 0 Å². The van der Waals surface area contributed by atoms with E-state index in [1.165, 1.54) is 0 Å². The van der Waals surface area contributed by atoms with Crippen LogP contribution in [0.5, 0.6) is 0 Å². The molecule has 2 aliphatic rings. The first-order chi connectivity index (χ1) is 8.57. The number of carbonyl (C=O) groups is 1. The SMILES string of the molecule is CC1(OCC(=O)O)CN(CCN2CCOCC2)C1. The lowest BCUT2D eigenvalue weighted by atomic mass is 9.96. The van der Waals surface area contributed by atoms with Gasteiger partial charge in [-0.25, -0.2) is 4.79 Å². The number of hydrogen-bond acceptors (Lipinski definition) is 5. The van der Waals surface area contributed by atoms with Crippen LogP contribution in [0.15, 0.2) is 0 Å². The zero-order valence-corrected chi connectivity index (χ0v) is 10.9. The lowest BCUT2D eigenvalue weighted by Gasteiger charge is -2.48. The van der Waals surface area contributed by atoms with E-state index < -0.39 is 5.97 Å². The van der Waals surface area contributed by atoms with Gasteiger partial charge in [-0.1, -0.05) is 0 Å². The minimum Gasteiger partial charge on any atom is -0.480 e. The van der Waals surface area contributed by atoms with Gasteiger partial charge in [-0.15, -0.1) is 0 Å². The zero-order chi connectivity index (χ0) is 13.0. The van der Waals surface area contributed by atoms with Crippen molar-refractivity contribution in [1.82, 2.24) is 9.80 Å². The summed E-state index contributed by atoms with van der Waals surface area (Å²) in [6, 6.07) is 0. The molecular formula is C12H22N2O4. The molecule has 2 heterocycles. The Kier molecular flexibility index (Phi) is 4.55. The summed E-state index contributed by atoms with van der Waals surface area (Å²) in [6.45, 7) is 9.19. The van der Waals surface area contributed by atoms with Crippen LogP contribution in [0, 0.1) is 0 Å². The Morgan fingerprint density at radius 3 is 2.50 bits per heavy atom. The predicted octanol–water partition coefficient (Wildman–Crippen LogP) is -0.506. The fourth-order valence-corrected chi connectivity index (χ4v) is 2.49. The molecule has 0 aliphatic carbocycles. The highest BCUT2D eigenvalue weighted by Gasteiger charge is 2.39. The van der Waals surface area contributed by atoms with Crippen LogP contribution in [0.2, 0.25) is 0 Å². The highest BCUT2D eigenvalue weighted by Crippen LogP contribution is 2.24. The molecule has 2 aliphatic heterocycles. The van der Waals surface area contributed by atoms with Gasteiger partial charge in [-0.3, -0.25) is 9.80 Å². The fraction of sp³-hybridized carbons (Fsp3) is 0.917. The molecule has 0 bridgehead atoms. The van der Waals surface area contributed by atoms with E-state index in [1.54, 1.807) is 0 Å². The van der Waals surface area contributed by atoms with Gasteiger partial charge in [0.05, 0.1) is 18.8 Å². The first-order valence-corrected chi connectivity index (χ1v) is 6.46. The number of nitrogens with zero attached hydrogens (tertiary/aromatic N) is 2. The van der Waals surface area contributed by atoms with Gasteiger partial charge in [0.1, 0.15) is 6.61 Å². The summed E-state index contributed by atoms with van der Waals surface area (Å²) in [7, 11) is 0. The maximum atomic E-state index is 10.4. The molecule has 0 amide bonds. The first-order valence-electron chi connectivity index (χ1n) is 6.46. The first kappa shape index (κ1) is 13.7. The van der Waals surface area contributed by atoms with E-state index >= 15 is 0 Å². The molecule has 0 saturated carbocycles. The van der Waals surface area contributed by atoms with Crippen molar-refractivity contribution in [2.24, 2.45) is 0 Å². The van der Waals surface area contributed by atoms with Gasteiger partial charge in [-0.2, -0.15) is 0 Å². The number of aliphatic carboxylic acids is 1. The van der Waals surface area contributed by atoms with Crippen LogP contribution >= 0.6 is 0 Å². The third-order valence-electron chi connectivity index (χ3n) is 3.50. The number of rotatable bonds is 6. The molecule has 0 aromatic carbocycles. The molecule has 0 spiro atoms. The largest absolute Gasteiger partial charge is 0.480 e. The van der Waals surface area contributed by atoms with Crippen molar-refractivity contribution in [2.45, 2.75) is 12.5 Å². The molecule has 2 rings (SSSR count). The Balaban J connectivity index is 1.58. The maximum Gasteiger partial charge on any atom is 0.329 e. The van der Waals surface area contributed by atoms with Crippen LogP contribution in [0.4, 0.5) is 0 Å². The van der Waals surface area contributed by atoms with Crippen molar-refractivity contribution in [3.8, 4) is 0 Å². The standard InChI is InChI=1S/C12H22N2O4/c1-12(18-8-11(15)16)9-14(10-12)3-2-13-4-6-17-7-5-13/h2-10H2,1H3,(H,15,16). The number of hydrogen-bond donors (Lipinski definition) is 1. The van der Waals surface area contributed by atoms with E-state index in [9.17, 15) is 4.79 Å². The highest BCUT2D eigenvalue weighted by molar-refractivity contribution is 5.68. The summed E-state index contributed by atoms with van der Waals surface area (Å²) in [4.78, 5) is 15.1. The number of likely N-dealkylation sites (tertiary alicyclic amines) is 1. The van der Waals surface area contributed by atoms with Gasteiger partial charge in [0.15, 0.2) is 0 Å². The molecule has 0 aromatic heterocycles. The van der Waals surface area contributed by atoms with Crippen LogP contribution in [0.1, 0.15) is 6.92 Å². The molecule has 2 saturated heterocycles. The third-order valence-corrected chi connectivity index (χ3v) is 3.50. The Labute approximate surface area is 107 Å². The van der Waals surface area contributed by atoms with E-state index in [0.29, 0.717) is 0 Å². The lowest BCUT2D eigenvalue weighted by molar-refractivity contribution is -0.165. The van der Waals surface area contributed by atoms with Crippen molar-refractivity contribution in [3.05, 3.63) is 0 Å². The second-order valence-electron chi connectivity index (χ2n) is 5.30. The monoisotopic (exact) mass is 258 g/mol. The molecule has 18 heavy (non-hydrogen) atoms. The Morgan fingerprint density at radius 1 is 1.28 bits per heavy atom. The quantitative estimate of drug-likeness (QED) is 0.692. The molecule has 0 atom stereocenters. The summed E-state index contributed by atoms with van der Waals surface area (Å²) >= 11 is 0. The summed E-state index contributed by atoms with van der Waals surface area (Å²) < 4.78 is 10.7. The minimum absolute atomic E-state index is 0.201. The highest BCUT2D eigenvalue weighted by atomic mass is 16.5. The molecular weight excluding hydrogens is 236 g/mol. The number of carboxylic acids is 1. The second-order valence-corrected chi connectivity index (χ2v) is 5.30. The van der Waals surface area contributed by atoms with Crippen molar-refractivity contribution in [3.63, 3.8) is 0 Å². The van der Waals surface area contributed by atoms with Crippen LogP contribution in [0.3, 0.4) is 0 Å². The van der Waals surface area contributed by atoms with Gasteiger partial charge in [0.2, 0.25) is 0 Å². The van der Waals surface area contributed by atoms with E-state index in [4.69, 9.17) is 14.6 Å². The molecule has 104 valence electrons. The topological polar surface area (TPSA) is 62.2 Å². The zero-order valence-electron chi connectivity index (χ0n) is 10.9. The van der Waals surface area contributed by atoms with Gasteiger partial charge in [-0.05, 0) is 6.92 Å². The van der Waals surface area contributed by atoms with Crippen LogP contribution in [0.25, 0.3) is 0 Å². The van der Waals surface area contributed by atoms with Crippen molar-refractivity contribution in [2.75, 3.05) is 59.1 Å². The van der Waals surface area contributed by atoms with Gasteiger partial charge in [0.25, 0.3) is 0 Å². The predicted molar refractivity (Wildman–Crippen MR) is 65.7 cm³/mol. The van der Waals surface area contributed by atoms with Gasteiger partial charge < -0.3 is 14.6 Å². The lowest BCUT2D eigenvalue weighted by Crippen LogP contribution is -2.62. The molecule has 6 nitrogen and oxygen atoms in total. The Bertz CT molecular complexity index is 286. The smallest absolute Gasteiger partial charge is 0.329 e. The maximum absolute atomic E-state index is 10.4. The number of morpholine rings is 1. The average Bonchev–Trinajstić information content (AvgIpc) is 2.32. The number of carboxylic acid groups (broad SMARTS) is 1. The Hall–Kier alpha value is -0.690. The summed E-state index contributed by atoms with van der Waals surface area (Å²) in [6.07, 6.45) is 0. The molecule has 0 unspecified atom stereocenters. The van der Waals surface area contributed by atoms with Crippen LogP contribution in [-0.4, -0.2) is 85.6 Å². The van der Waals surface area contributed by atoms with E-state index in [-0.39, 0.29) is 12.2 Å². The van der Waals surface area contributed by atoms with Crippen molar-refractivity contribution in [1.29, 1.82) is 0 Å². The van der Waals surface area contributed by atoms with Gasteiger partial charge >= 0.3 is 5.97 Å². The third kappa shape index (κ3) is 3.91. The Morgan fingerprint density at radius 2 is 1.89 bits per heavy atom. The molecule has 0 aromatic rings. The summed E-state index contributed by atoms with van der Waals surface area (Å²) in [5.41, 5.74) is -0.274. The molecule has 0 radical (unpaired) electrons. The van der Waals surface area contributed by atoms with Crippen molar-refractivity contribution < 1.29 is 19.4 Å². The van der Waals surface area contributed by atoms with E-state index in [2.05, 4.69) is 9.80 Å². The van der Waals surface area contributed by atoms with E-state index in [1.807, 2.05) is 6.92 Å². The molecule has 1 N–H and O–H groups in total. The average molecular weight is 258 g/mol. The molecule has 6 heteroatoms. The minimum atomic E-state index is -0.900. The van der Waals surface area contributed by atoms with Crippen LogP contribution in [-0.2, 0) is 14.3 Å².